The Morgan fingerprint density at radius 3 is 1.88 bits per heavy atom. The van der Waals surface area contributed by atoms with E-state index in [0.29, 0.717) is 22.8 Å². The number of aromatic nitrogens is 6. The molecule has 40 heavy (non-hydrogen) atoms. The molecule has 0 unspecified atom stereocenters. The fourth-order valence-electron chi connectivity index (χ4n) is 4.08. The zero-order chi connectivity index (χ0) is 27.6. The minimum atomic E-state index is 0.579. The molecule has 0 saturated carbocycles. The summed E-state index contributed by atoms with van der Waals surface area (Å²) < 4.78 is 3.47. The van der Waals surface area contributed by atoms with Crippen molar-refractivity contribution in [2.24, 2.45) is 0 Å². The van der Waals surface area contributed by atoms with E-state index in [2.05, 4.69) is 56.6 Å². The zero-order valence-electron chi connectivity index (χ0n) is 21.5. The van der Waals surface area contributed by atoms with E-state index in [0.717, 1.165) is 24.2 Å². The molecule has 6 aromatic rings. The Morgan fingerprint density at radius 2 is 1.23 bits per heavy atom. The molecule has 0 saturated heterocycles. The molecule has 0 bridgehead atoms. The topological polar surface area (TPSA) is 109 Å². The molecule has 0 aliphatic heterocycles. The van der Waals surface area contributed by atoms with Crippen LogP contribution >= 0.6 is 0 Å². The average molecular weight is 521 g/mol. The SMILES string of the molecule is N#Cc1ccnc(-n2ccc(Cc3ccccc3)n2)c1.N#Cc1ccnc(-n2nccc2Cc2ccccc2)c1. The van der Waals surface area contributed by atoms with Crippen molar-refractivity contribution in [3.05, 3.63) is 155 Å². The molecule has 6 rings (SSSR count). The van der Waals surface area contributed by atoms with Crippen LogP contribution in [-0.2, 0) is 12.8 Å². The highest BCUT2D eigenvalue weighted by Crippen LogP contribution is 2.14. The summed E-state index contributed by atoms with van der Waals surface area (Å²) in [6, 6.07) is 35.4. The Kier molecular flexibility index (Phi) is 8.11. The lowest BCUT2D eigenvalue weighted by Crippen LogP contribution is -2.05. The molecule has 4 aromatic heterocycles. The number of nitrogens with zero attached hydrogens (tertiary/aromatic N) is 8. The second-order valence-electron chi connectivity index (χ2n) is 8.84. The number of rotatable bonds is 6. The van der Waals surface area contributed by atoms with E-state index in [4.69, 9.17) is 10.5 Å². The van der Waals surface area contributed by atoms with Gasteiger partial charge in [-0.25, -0.2) is 19.3 Å². The fourth-order valence-corrected chi connectivity index (χ4v) is 4.08. The van der Waals surface area contributed by atoms with E-state index in [1.54, 1.807) is 52.2 Å². The van der Waals surface area contributed by atoms with E-state index >= 15 is 0 Å². The Morgan fingerprint density at radius 1 is 0.625 bits per heavy atom. The Balaban J connectivity index is 0.000000161. The van der Waals surface area contributed by atoms with Gasteiger partial charge < -0.3 is 0 Å². The normalized spacial score (nSPS) is 10.2. The summed E-state index contributed by atoms with van der Waals surface area (Å²) >= 11 is 0. The first-order valence-electron chi connectivity index (χ1n) is 12.6. The van der Waals surface area contributed by atoms with Crippen LogP contribution in [0.5, 0.6) is 0 Å². The molecule has 8 nitrogen and oxygen atoms in total. The third kappa shape index (κ3) is 6.52. The van der Waals surface area contributed by atoms with Crippen LogP contribution in [-0.4, -0.2) is 29.5 Å². The van der Waals surface area contributed by atoms with Crippen LogP contribution in [0.1, 0.15) is 33.6 Å². The van der Waals surface area contributed by atoms with Crippen molar-refractivity contribution in [3.8, 4) is 23.8 Å². The van der Waals surface area contributed by atoms with E-state index in [1.807, 2.05) is 54.7 Å². The standard InChI is InChI=1S/2C16H12N4/c17-12-14-6-8-18-16(11-14)20-9-7-15(19-20)10-13-4-2-1-3-5-13;17-12-14-6-8-18-16(11-14)20-15(7-9-19-20)10-13-4-2-1-3-5-13/h2*1-9,11H,10H2. The van der Waals surface area contributed by atoms with E-state index in [-0.39, 0.29) is 0 Å². The quantitative estimate of drug-likeness (QED) is 0.289. The van der Waals surface area contributed by atoms with Gasteiger partial charge in [-0.05, 0) is 35.4 Å². The lowest BCUT2D eigenvalue weighted by Gasteiger charge is -2.07. The fraction of sp³-hybridized carbons (Fsp3) is 0.0625. The van der Waals surface area contributed by atoms with Crippen LogP contribution in [0.25, 0.3) is 11.6 Å². The minimum Gasteiger partial charge on any atom is -0.237 e. The lowest BCUT2D eigenvalue weighted by molar-refractivity contribution is 0.797. The zero-order valence-corrected chi connectivity index (χ0v) is 21.5. The molecule has 0 fully saturated rings. The van der Waals surface area contributed by atoms with Gasteiger partial charge in [0.15, 0.2) is 11.6 Å². The molecule has 0 N–H and O–H groups in total. The summed E-state index contributed by atoms with van der Waals surface area (Å²) in [6.45, 7) is 0. The van der Waals surface area contributed by atoms with Gasteiger partial charge >= 0.3 is 0 Å². The Hall–Kier alpha value is -5.86. The van der Waals surface area contributed by atoms with Gasteiger partial charge in [-0.1, -0.05) is 60.7 Å². The summed E-state index contributed by atoms with van der Waals surface area (Å²) in [5.74, 6) is 1.32. The second-order valence-corrected chi connectivity index (χ2v) is 8.84. The number of hydrogen-bond donors (Lipinski definition) is 0. The first-order chi connectivity index (χ1) is 19.7. The Labute approximate surface area is 232 Å². The molecule has 0 spiro atoms. The summed E-state index contributed by atoms with van der Waals surface area (Å²) in [7, 11) is 0. The Bertz CT molecular complexity index is 1770. The van der Waals surface area contributed by atoms with E-state index in [1.165, 1.54) is 11.1 Å². The van der Waals surface area contributed by atoms with Crippen LogP contribution < -0.4 is 0 Å². The summed E-state index contributed by atoms with van der Waals surface area (Å²) in [6.07, 6.45) is 8.42. The van der Waals surface area contributed by atoms with Gasteiger partial charge in [0, 0.05) is 49.8 Å². The highest BCUT2D eigenvalue weighted by Gasteiger charge is 2.08. The van der Waals surface area contributed by atoms with Gasteiger partial charge in [0.05, 0.1) is 34.7 Å². The second kappa shape index (κ2) is 12.6. The molecule has 0 radical (unpaired) electrons. The van der Waals surface area contributed by atoms with E-state index in [9.17, 15) is 0 Å². The van der Waals surface area contributed by atoms with Crippen molar-refractivity contribution in [1.82, 2.24) is 29.5 Å². The maximum absolute atomic E-state index is 8.96. The minimum absolute atomic E-state index is 0.579. The monoisotopic (exact) mass is 520 g/mol. The molecule has 0 atom stereocenters. The number of nitriles is 2. The first-order valence-corrected chi connectivity index (χ1v) is 12.6. The van der Waals surface area contributed by atoms with Gasteiger partial charge in [-0.15, -0.1) is 0 Å². The summed E-state index contributed by atoms with van der Waals surface area (Å²) in [4.78, 5) is 8.51. The largest absolute Gasteiger partial charge is 0.237 e. The summed E-state index contributed by atoms with van der Waals surface area (Å²) in [5.41, 5.74) is 5.60. The van der Waals surface area contributed by atoms with Crippen LogP contribution in [0, 0.1) is 22.7 Å². The molecular formula is C32H24N8. The molecule has 8 heteroatoms. The number of benzene rings is 2. The van der Waals surface area contributed by atoms with Gasteiger partial charge in [0.2, 0.25) is 0 Å². The van der Waals surface area contributed by atoms with Crippen molar-refractivity contribution in [2.75, 3.05) is 0 Å². The lowest BCUT2D eigenvalue weighted by atomic mass is 10.1. The molecule has 192 valence electrons. The third-order valence-electron chi connectivity index (χ3n) is 6.02. The molecule has 2 aromatic carbocycles. The molecule has 0 aliphatic rings. The van der Waals surface area contributed by atoms with Crippen molar-refractivity contribution in [1.29, 1.82) is 10.5 Å². The maximum atomic E-state index is 8.96. The number of pyridine rings is 2. The van der Waals surface area contributed by atoms with Crippen molar-refractivity contribution in [2.45, 2.75) is 12.8 Å². The average Bonchev–Trinajstić information content (AvgIpc) is 3.68. The molecule has 0 amide bonds. The smallest absolute Gasteiger partial charge is 0.154 e. The molecule has 4 heterocycles. The van der Waals surface area contributed by atoms with Crippen LogP contribution in [0.3, 0.4) is 0 Å². The highest BCUT2D eigenvalue weighted by molar-refractivity contribution is 5.37. The molecular weight excluding hydrogens is 496 g/mol. The first kappa shape index (κ1) is 25.8. The van der Waals surface area contributed by atoms with Crippen LogP contribution in [0.2, 0.25) is 0 Å². The van der Waals surface area contributed by atoms with Crippen molar-refractivity contribution >= 4 is 0 Å². The van der Waals surface area contributed by atoms with Crippen LogP contribution in [0.15, 0.2) is 122 Å². The van der Waals surface area contributed by atoms with Crippen LogP contribution in [0.4, 0.5) is 0 Å². The molecule has 0 aliphatic carbocycles. The summed E-state index contributed by atoms with van der Waals surface area (Å²) in [5, 5.41) is 26.7. The third-order valence-corrected chi connectivity index (χ3v) is 6.02. The van der Waals surface area contributed by atoms with E-state index < -0.39 is 0 Å². The van der Waals surface area contributed by atoms with Crippen molar-refractivity contribution < 1.29 is 0 Å². The predicted octanol–water partition coefficient (Wildman–Crippen LogP) is 5.46. The predicted molar refractivity (Wildman–Crippen MR) is 151 cm³/mol. The van der Waals surface area contributed by atoms with Gasteiger partial charge in [-0.2, -0.15) is 20.7 Å². The van der Waals surface area contributed by atoms with Gasteiger partial charge in [0.25, 0.3) is 0 Å². The maximum Gasteiger partial charge on any atom is 0.154 e. The number of hydrogen-bond acceptors (Lipinski definition) is 6. The highest BCUT2D eigenvalue weighted by atomic mass is 15.3. The van der Waals surface area contributed by atoms with Crippen molar-refractivity contribution in [3.63, 3.8) is 0 Å². The van der Waals surface area contributed by atoms with Gasteiger partial charge in [0.1, 0.15) is 0 Å². The van der Waals surface area contributed by atoms with Gasteiger partial charge in [-0.3, -0.25) is 0 Å².